The van der Waals surface area contributed by atoms with Gasteiger partial charge in [-0.3, -0.25) is 9.69 Å². The molecule has 0 radical (unpaired) electrons. The van der Waals surface area contributed by atoms with E-state index in [-0.39, 0.29) is 23.7 Å². The molecule has 1 N–H and O–H groups in total. The fourth-order valence-electron chi connectivity index (χ4n) is 3.90. The van der Waals surface area contributed by atoms with E-state index in [4.69, 9.17) is 27.6 Å². The van der Waals surface area contributed by atoms with Crippen LogP contribution < -0.4 is 5.32 Å². The Morgan fingerprint density at radius 3 is 2.26 bits per heavy atom. The van der Waals surface area contributed by atoms with Crippen molar-refractivity contribution in [2.45, 2.75) is 39.0 Å². The summed E-state index contributed by atoms with van der Waals surface area (Å²) >= 11 is 12.6. The first-order valence-electron chi connectivity index (χ1n) is 11.4. The number of hydrogen-bond acceptors (Lipinski definition) is 4. The summed E-state index contributed by atoms with van der Waals surface area (Å²) in [5, 5.41) is 4.17. The second-order valence-electron chi connectivity index (χ2n) is 8.46. The van der Waals surface area contributed by atoms with Crippen LogP contribution in [0.4, 0.5) is 0 Å². The zero-order chi connectivity index (χ0) is 24.8. The lowest BCUT2D eigenvalue weighted by atomic mass is 10.1. The molecule has 0 aliphatic rings. The number of carbonyl (C=O) groups excluding carboxylic acids is 1. The number of amides is 1. The summed E-state index contributed by atoms with van der Waals surface area (Å²) in [7, 11) is 0. The summed E-state index contributed by atoms with van der Waals surface area (Å²) in [5.41, 5.74) is 3.37. The average molecular weight is 508 g/mol. The molecule has 4 aromatic rings. The predicted molar refractivity (Wildman–Crippen MR) is 139 cm³/mol. The van der Waals surface area contributed by atoms with Crippen molar-refractivity contribution in [2.24, 2.45) is 0 Å². The van der Waals surface area contributed by atoms with Crippen LogP contribution in [-0.2, 0) is 13.1 Å². The van der Waals surface area contributed by atoms with Gasteiger partial charge in [0.2, 0.25) is 5.89 Å². The average Bonchev–Trinajstić information content (AvgIpc) is 3.34. The lowest BCUT2D eigenvalue weighted by Gasteiger charge is -2.28. The van der Waals surface area contributed by atoms with Gasteiger partial charge in [-0.1, -0.05) is 89.9 Å². The fraction of sp³-hybridized carbons (Fsp3) is 0.214. The van der Waals surface area contributed by atoms with Gasteiger partial charge in [-0.05, 0) is 42.7 Å². The van der Waals surface area contributed by atoms with Crippen LogP contribution in [0.1, 0.15) is 59.0 Å². The van der Waals surface area contributed by atoms with Crippen molar-refractivity contribution in [3.8, 4) is 0 Å². The summed E-state index contributed by atoms with van der Waals surface area (Å²) in [6.45, 7) is 5.02. The van der Waals surface area contributed by atoms with Crippen molar-refractivity contribution in [3.63, 3.8) is 0 Å². The first-order chi connectivity index (χ1) is 16.9. The number of halogens is 2. The molecule has 0 spiro atoms. The van der Waals surface area contributed by atoms with E-state index in [1.165, 1.54) is 6.26 Å². The minimum atomic E-state index is -0.278. The zero-order valence-electron chi connectivity index (χ0n) is 19.6. The number of rotatable bonds is 9. The van der Waals surface area contributed by atoms with Crippen molar-refractivity contribution in [3.05, 3.63) is 123 Å². The molecule has 0 saturated carbocycles. The number of oxazole rings is 1. The highest BCUT2D eigenvalue weighted by Crippen LogP contribution is 2.28. The molecule has 7 heteroatoms. The molecule has 1 amide bonds. The van der Waals surface area contributed by atoms with E-state index >= 15 is 0 Å². The molecular weight excluding hydrogens is 481 g/mol. The van der Waals surface area contributed by atoms with E-state index in [0.29, 0.717) is 29.0 Å². The van der Waals surface area contributed by atoms with E-state index in [9.17, 15) is 4.79 Å². The summed E-state index contributed by atoms with van der Waals surface area (Å²) in [6.07, 6.45) is 1.41. The maximum absolute atomic E-state index is 12.8. The molecule has 5 nitrogen and oxygen atoms in total. The minimum absolute atomic E-state index is 0.0465. The van der Waals surface area contributed by atoms with Gasteiger partial charge in [-0.25, -0.2) is 4.98 Å². The first kappa shape index (κ1) is 25.0. The number of carbonyl (C=O) groups is 1. The highest BCUT2D eigenvalue weighted by molar-refractivity contribution is 6.35. The van der Waals surface area contributed by atoms with Gasteiger partial charge in [0.1, 0.15) is 6.26 Å². The van der Waals surface area contributed by atoms with Gasteiger partial charge in [-0.2, -0.15) is 0 Å². The van der Waals surface area contributed by atoms with Crippen LogP contribution >= 0.6 is 23.2 Å². The second kappa shape index (κ2) is 11.5. The molecular formula is C28H27Cl2N3O2. The molecule has 1 heterocycles. The van der Waals surface area contributed by atoms with Crippen LogP contribution in [0.2, 0.25) is 10.0 Å². The molecule has 0 saturated heterocycles. The molecule has 2 atom stereocenters. The lowest BCUT2D eigenvalue weighted by Crippen LogP contribution is -2.28. The molecule has 1 aromatic heterocycles. The Kier molecular flexibility index (Phi) is 8.24. The fourth-order valence-corrected chi connectivity index (χ4v) is 4.37. The molecule has 0 bridgehead atoms. The third kappa shape index (κ3) is 6.51. The van der Waals surface area contributed by atoms with Gasteiger partial charge in [-0.15, -0.1) is 0 Å². The molecule has 0 unspecified atom stereocenters. The summed E-state index contributed by atoms with van der Waals surface area (Å²) < 4.78 is 5.71. The van der Waals surface area contributed by atoms with Crippen molar-refractivity contribution in [1.29, 1.82) is 0 Å². The standard InChI is InChI=1S/C28H27Cl2N3O2/c1-19(21-9-5-3-6-10-21)31-28(34)26-18-35-27(32-26)17-33(20(2)22-11-7-4-8-12-22)16-23-13-14-24(29)15-25(23)30/h3-15,18-20H,16-17H2,1-2H3,(H,31,34)/t19-,20+/m1/s1. The van der Waals surface area contributed by atoms with E-state index in [1.807, 2.05) is 67.6 Å². The first-order valence-corrected chi connectivity index (χ1v) is 12.2. The van der Waals surface area contributed by atoms with Crippen molar-refractivity contribution in [2.75, 3.05) is 0 Å². The van der Waals surface area contributed by atoms with Crippen LogP contribution in [0, 0.1) is 0 Å². The van der Waals surface area contributed by atoms with Crippen LogP contribution in [0.25, 0.3) is 0 Å². The number of nitrogens with zero attached hydrogens (tertiary/aromatic N) is 2. The predicted octanol–water partition coefficient (Wildman–Crippen LogP) is 7.24. The van der Waals surface area contributed by atoms with E-state index in [2.05, 4.69) is 34.3 Å². The topological polar surface area (TPSA) is 58.4 Å². The van der Waals surface area contributed by atoms with Gasteiger partial charge in [0.25, 0.3) is 5.91 Å². The SMILES string of the molecule is C[C@@H](NC(=O)c1coc(CN(Cc2ccc(Cl)cc2Cl)[C@@H](C)c2ccccc2)n1)c1ccccc1. The van der Waals surface area contributed by atoms with Gasteiger partial charge in [0.05, 0.1) is 12.6 Å². The highest BCUT2D eigenvalue weighted by Gasteiger charge is 2.22. The van der Waals surface area contributed by atoms with Gasteiger partial charge in [0, 0.05) is 22.6 Å². The third-order valence-electron chi connectivity index (χ3n) is 5.99. The van der Waals surface area contributed by atoms with Crippen LogP contribution in [-0.4, -0.2) is 15.8 Å². The monoisotopic (exact) mass is 507 g/mol. The van der Waals surface area contributed by atoms with E-state index < -0.39 is 0 Å². The quantitative estimate of drug-likeness (QED) is 0.259. The maximum Gasteiger partial charge on any atom is 0.273 e. The molecule has 180 valence electrons. The Morgan fingerprint density at radius 2 is 1.60 bits per heavy atom. The van der Waals surface area contributed by atoms with Crippen LogP contribution in [0.15, 0.2) is 89.5 Å². The molecule has 0 aliphatic carbocycles. The summed E-state index contributed by atoms with van der Waals surface area (Å²) in [6, 6.07) is 25.4. The summed E-state index contributed by atoms with van der Waals surface area (Å²) in [4.78, 5) is 19.4. The number of hydrogen-bond donors (Lipinski definition) is 1. The number of nitrogens with one attached hydrogen (secondary N) is 1. The van der Waals surface area contributed by atoms with Crippen molar-refractivity contribution >= 4 is 29.1 Å². The molecule has 3 aromatic carbocycles. The van der Waals surface area contributed by atoms with Gasteiger partial charge in [0.15, 0.2) is 5.69 Å². The number of aromatic nitrogens is 1. The van der Waals surface area contributed by atoms with Gasteiger partial charge >= 0.3 is 0 Å². The van der Waals surface area contributed by atoms with Crippen molar-refractivity contribution < 1.29 is 9.21 Å². The number of benzene rings is 3. The summed E-state index contributed by atoms with van der Waals surface area (Å²) in [5.74, 6) is 0.176. The second-order valence-corrected chi connectivity index (χ2v) is 9.30. The Morgan fingerprint density at radius 1 is 0.943 bits per heavy atom. The normalized spacial score (nSPS) is 12.9. The molecule has 0 fully saturated rings. The third-order valence-corrected chi connectivity index (χ3v) is 6.58. The Hall–Kier alpha value is -3.12. The maximum atomic E-state index is 12.8. The molecule has 35 heavy (non-hydrogen) atoms. The van der Waals surface area contributed by atoms with Crippen LogP contribution in [0.3, 0.4) is 0 Å². The Labute approximate surface area is 215 Å². The largest absolute Gasteiger partial charge is 0.447 e. The zero-order valence-corrected chi connectivity index (χ0v) is 21.1. The minimum Gasteiger partial charge on any atom is -0.447 e. The Bertz CT molecular complexity index is 1260. The molecule has 0 aliphatic heterocycles. The highest BCUT2D eigenvalue weighted by atomic mass is 35.5. The van der Waals surface area contributed by atoms with Crippen molar-refractivity contribution in [1.82, 2.24) is 15.2 Å². The molecule has 4 rings (SSSR count). The lowest BCUT2D eigenvalue weighted by molar-refractivity contribution is 0.0934. The van der Waals surface area contributed by atoms with E-state index in [1.54, 1.807) is 6.07 Å². The smallest absolute Gasteiger partial charge is 0.273 e. The van der Waals surface area contributed by atoms with Crippen LogP contribution in [0.5, 0.6) is 0 Å². The van der Waals surface area contributed by atoms with E-state index in [0.717, 1.165) is 16.7 Å². The van der Waals surface area contributed by atoms with Gasteiger partial charge < -0.3 is 9.73 Å². The Balaban J connectivity index is 1.51.